The van der Waals surface area contributed by atoms with Crippen LogP contribution in [0.2, 0.25) is 0 Å². The zero-order valence-electron chi connectivity index (χ0n) is 19.0. The molecule has 1 aliphatic rings. The highest BCUT2D eigenvalue weighted by Crippen LogP contribution is 2.26. The van der Waals surface area contributed by atoms with Gasteiger partial charge in [0.25, 0.3) is 0 Å². The van der Waals surface area contributed by atoms with E-state index in [1.807, 2.05) is 55.6 Å². The summed E-state index contributed by atoms with van der Waals surface area (Å²) in [5.74, 6) is 2.25. The fourth-order valence-electron chi connectivity index (χ4n) is 4.11. The van der Waals surface area contributed by atoms with Crippen LogP contribution in [0, 0.1) is 0 Å². The molecule has 0 aliphatic carbocycles. The number of aromatic nitrogens is 5. The Balaban J connectivity index is 1.29. The van der Waals surface area contributed by atoms with Crippen molar-refractivity contribution in [3.8, 4) is 5.75 Å². The highest BCUT2D eigenvalue weighted by Gasteiger charge is 2.22. The molecule has 34 heavy (non-hydrogen) atoms. The number of carbonyl (C=O) groups excluding carboxylic acids is 1. The minimum Gasteiger partial charge on any atom is -0.492 e. The van der Waals surface area contributed by atoms with E-state index in [0.29, 0.717) is 23.7 Å². The third-order valence-corrected chi connectivity index (χ3v) is 5.72. The standard InChI is InChI=1S/C24H26N8O2/c1-2-34-20-8-4-3-7-19(20)29-22(33)16-32-24-18(15-28-32)23(26-17-27-24)31-13-11-30(12-14-31)21-9-5-6-10-25-21/h3-10,15,17H,2,11-14,16H2,1H3,(H,29,33). The van der Waals surface area contributed by atoms with E-state index in [2.05, 4.69) is 35.2 Å². The lowest BCUT2D eigenvalue weighted by Gasteiger charge is -2.36. The van der Waals surface area contributed by atoms with E-state index in [9.17, 15) is 4.79 Å². The molecule has 0 unspecified atom stereocenters. The van der Waals surface area contributed by atoms with Crippen molar-refractivity contribution in [2.24, 2.45) is 0 Å². The Hall–Kier alpha value is -4.21. The normalized spacial score (nSPS) is 13.8. The van der Waals surface area contributed by atoms with Crippen LogP contribution in [0.4, 0.5) is 17.3 Å². The number of rotatable bonds is 7. The molecule has 1 fully saturated rings. The molecule has 4 heterocycles. The minimum atomic E-state index is -0.207. The first-order valence-corrected chi connectivity index (χ1v) is 11.3. The van der Waals surface area contributed by atoms with Crippen LogP contribution in [0.3, 0.4) is 0 Å². The molecule has 0 saturated carbocycles. The average molecular weight is 459 g/mol. The van der Waals surface area contributed by atoms with E-state index in [1.54, 1.807) is 10.9 Å². The number of hydrogen-bond acceptors (Lipinski definition) is 8. The summed E-state index contributed by atoms with van der Waals surface area (Å²) >= 11 is 0. The van der Waals surface area contributed by atoms with Gasteiger partial charge >= 0.3 is 0 Å². The molecule has 1 aliphatic heterocycles. The molecule has 3 aromatic heterocycles. The SMILES string of the molecule is CCOc1ccccc1NC(=O)Cn1ncc2c(N3CCN(c4ccccn4)CC3)ncnc21. The number of anilines is 3. The summed E-state index contributed by atoms with van der Waals surface area (Å²) in [6.07, 6.45) is 5.08. The van der Waals surface area contributed by atoms with Gasteiger partial charge in [0.2, 0.25) is 5.91 Å². The molecule has 5 rings (SSSR count). The first kappa shape index (κ1) is 21.6. The molecular formula is C24H26N8O2. The van der Waals surface area contributed by atoms with Crippen LogP contribution >= 0.6 is 0 Å². The van der Waals surface area contributed by atoms with Crippen LogP contribution in [0.1, 0.15) is 6.92 Å². The number of amides is 1. The van der Waals surface area contributed by atoms with E-state index >= 15 is 0 Å². The fourth-order valence-corrected chi connectivity index (χ4v) is 4.11. The maximum atomic E-state index is 12.7. The number of ether oxygens (including phenoxy) is 1. The van der Waals surface area contributed by atoms with E-state index in [4.69, 9.17) is 4.74 Å². The fraction of sp³-hybridized carbons (Fsp3) is 0.292. The van der Waals surface area contributed by atoms with Gasteiger partial charge in [-0.2, -0.15) is 5.10 Å². The maximum Gasteiger partial charge on any atom is 0.246 e. The van der Waals surface area contributed by atoms with Crippen molar-refractivity contribution >= 4 is 34.3 Å². The molecule has 174 valence electrons. The van der Waals surface area contributed by atoms with Gasteiger partial charge in [-0.25, -0.2) is 19.6 Å². The van der Waals surface area contributed by atoms with Crippen LogP contribution in [-0.2, 0) is 11.3 Å². The average Bonchev–Trinajstić information content (AvgIpc) is 3.29. The number of pyridine rings is 1. The van der Waals surface area contributed by atoms with Crippen LogP contribution in [-0.4, -0.2) is 63.4 Å². The van der Waals surface area contributed by atoms with Crippen molar-refractivity contribution in [1.29, 1.82) is 0 Å². The molecule has 1 amide bonds. The van der Waals surface area contributed by atoms with Gasteiger partial charge in [-0.3, -0.25) is 4.79 Å². The van der Waals surface area contributed by atoms with Gasteiger partial charge < -0.3 is 19.9 Å². The largest absolute Gasteiger partial charge is 0.492 e. The summed E-state index contributed by atoms with van der Waals surface area (Å²) in [4.78, 5) is 30.6. The Morgan fingerprint density at radius 3 is 2.59 bits per heavy atom. The molecule has 1 saturated heterocycles. The number of piperazine rings is 1. The highest BCUT2D eigenvalue weighted by atomic mass is 16.5. The van der Waals surface area contributed by atoms with Gasteiger partial charge in [-0.05, 0) is 31.2 Å². The lowest BCUT2D eigenvalue weighted by Crippen LogP contribution is -2.47. The summed E-state index contributed by atoms with van der Waals surface area (Å²) in [6.45, 7) is 5.77. The predicted molar refractivity (Wildman–Crippen MR) is 130 cm³/mol. The Labute approximate surface area is 197 Å². The van der Waals surface area contributed by atoms with E-state index < -0.39 is 0 Å². The second kappa shape index (κ2) is 9.74. The number of carbonyl (C=O) groups is 1. The van der Waals surface area contributed by atoms with Crippen molar-refractivity contribution in [3.63, 3.8) is 0 Å². The minimum absolute atomic E-state index is 0.0356. The smallest absolute Gasteiger partial charge is 0.246 e. The lowest BCUT2D eigenvalue weighted by molar-refractivity contribution is -0.116. The molecule has 1 aromatic carbocycles. The Morgan fingerprint density at radius 1 is 1.00 bits per heavy atom. The number of fused-ring (bicyclic) bond motifs is 1. The molecule has 0 bridgehead atoms. The molecule has 4 aromatic rings. The third kappa shape index (κ3) is 4.47. The van der Waals surface area contributed by atoms with Crippen molar-refractivity contribution in [2.45, 2.75) is 13.5 Å². The van der Waals surface area contributed by atoms with Gasteiger partial charge in [-0.1, -0.05) is 18.2 Å². The van der Waals surface area contributed by atoms with Gasteiger partial charge in [-0.15, -0.1) is 0 Å². The maximum absolute atomic E-state index is 12.7. The molecule has 1 N–H and O–H groups in total. The van der Waals surface area contributed by atoms with Crippen LogP contribution in [0.25, 0.3) is 11.0 Å². The second-order valence-electron chi connectivity index (χ2n) is 7.88. The van der Waals surface area contributed by atoms with E-state index in [-0.39, 0.29) is 12.5 Å². The topological polar surface area (TPSA) is 101 Å². The van der Waals surface area contributed by atoms with Gasteiger partial charge in [0.05, 0.1) is 23.9 Å². The Morgan fingerprint density at radius 2 is 1.79 bits per heavy atom. The molecule has 10 nitrogen and oxygen atoms in total. The Bertz CT molecular complexity index is 1270. The molecule has 10 heteroatoms. The summed E-state index contributed by atoms with van der Waals surface area (Å²) in [5, 5.41) is 8.17. The monoisotopic (exact) mass is 458 g/mol. The third-order valence-electron chi connectivity index (χ3n) is 5.72. The molecule has 0 atom stereocenters. The molecular weight excluding hydrogens is 432 g/mol. The zero-order chi connectivity index (χ0) is 23.3. The van der Waals surface area contributed by atoms with Crippen molar-refractivity contribution in [2.75, 3.05) is 47.9 Å². The number of benzene rings is 1. The zero-order valence-corrected chi connectivity index (χ0v) is 19.0. The van der Waals surface area contributed by atoms with Gasteiger partial charge in [0, 0.05) is 32.4 Å². The van der Waals surface area contributed by atoms with Gasteiger partial charge in [0.15, 0.2) is 5.65 Å². The lowest BCUT2D eigenvalue weighted by atomic mass is 10.2. The van der Waals surface area contributed by atoms with Crippen LogP contribution in [0.15, 0.2) is 61.2 Å². The second-order valence-corrected chi connectivity index (χ2v) is 7.88. The first-order chi connectivity index (χ1) is 16.7. The Kier molecular flexibility index (Phi) is 6.19. The summed E-state index contributed by atoms with van der Waals surface area (Å²) in [6, 6.07) is 13.3. The highest BCUT2D eigenvalue weighted by molar-refractivity contribution is 5.93. The van der Waals surface area contributed by atoms with Crippen molar-refractivity contribution < 1.29 is 9.53 Å². The van der Waals surface area contributed by atoms with Crippen molar-refractivity contribution in [1.82, 2.24) is 24.7 Å². The van der Waals surface area contributed by atoms with E-state index in [1.165, 1.54) is 6.33 Å². The summed E-state index contributed by atoms with van der Waals surface area (Å²) in [5.41, 5.74) is 1.26. The van der Waals surface area contributed by atoms with E-state index in [0.717, 1.165) is 43.2 Å². The van der Waals surface area contributed by atoms with Crippen LogP contribution < -0.4 is 19.9 Å². The van der Waals surface area contributed by atoms with Crippen LogP contribution in [0.5, 0.6) is 5.75 Å². The number of para-hydroxylation sites is 2. The number of nitrogens with zero attached hydrogens (tertiary/aromatic N) is 7. The summed E-state index contributed by atoms with van der Waals surface area (Å²) < 4.78 is 7.19. The predicted octanol–water partition coefficient (Wildman–Crippen LogP) is 2.59. The molecule has 0 radical (unpaired) electrons. The summed E-state index contributed by atoms with van der Waals surface area (Å²) in [7, 11) is 0. The molecule has 0 spiro atoms. The first-order valence-electron chi connectivity index (χ1n) is 11.3. The van der Waals surface area contributed by atoms with Gasteiger partial charge in [0.1, 0.15) is 30.3 Å². The van der Waals surface area contributed by atoms with Crippen molar-refractivity contribution in [3.05, 3.63) is 61.2 Å². The number of nitrogens with one attached hydrogen (secondary N) is 1. The quantitative estimate of drug-likeness (QED) is 0.451. The number of hydrogen-bond donors (Lipinski definition) is 1.